The van der Waals surface area contributed by atoms with Gasteiger partial charge in [-0.05, 0) is 19.1 Å². The van der Waals surface area contributed by atoms with E-state index < -0.39 is 0 Å². The van der Waals surface area contributed by atoms with Crippen LogP contribution in [0.4, 0.5) is 5.69 Å². The van der Waals surface area contributed by atoms with Crippen molar-refractivity contribution in [3.8, 4) is 5.75 Å². The van der Waals surface area contributed by atoms with Crippen molar-refractivity contribution in [2.75, 3.05) is 12.8 Å². The summed E-state index contributed by atoms with van der Waals surface area (Å²) in [6.45, 7) is 1.90. The summed E-state index contributed by atoms with van der Waals surface area (Å²) in [6, 6.07) is 9.03. The first kappa shape index (κ1) is 13.0. The van der Waals surface area contributed by atoms with E-state index >= 15 is 0 Å². The Labute approximate surface area is 111 Å². The van der Waals surface area contributed by atoms with Crippen molar-refractivity contribution in [2.45, 2.75) is 13.0 Å². The highest BCUT2D eigenvalue weighted by molar-refractivity contribution is 5.93. The minimum atomic E-state index is -0.199. The number of ether oxygens (including phenoxy) is 1. The molecule has 0 saturated heterocycles. The topological polar surface area (TPSA) is 80.1 Å². The van der Waals surface area contributed by atoms with Gasteiger partial charge in [0, 0.05) is 17.4 Å². The third kappa shape index (κ3) is 2.88. The number of nitrogens with two attached hydrogens (primary N) is 1. The first-order valence-electron chi connectivity index (χ1n) is 5.99. The summed E-state index contributed by atoms with van der Waals surface area (Å²) in [5.74, 6) is 0.552. The fourth-order valence-electron chi connectivity index (χ4n) is 1.92. The number of nitrogen functional groups attached to an aromatic ring is 1. The van der Waals surface area contributed by atoms with Crippen LogP contribution >= 0.6 is 0 Å². The molecular formula is C14H17N3O2. The van der Waals surface area contributed by atoms with Gasteiger partial charge in [0.25, 0.3) is 5.91 Å². The number of H-pyrrole nitrogens is 1. The van der Waals surface area contributed by atoms with Crippen molar-refractivity contribution in [1.82, 2.24) is 10.3 Å². The standard InChI is InChI=1S/C14H17N3O2/c1-9(11-5-3-4-6-13(11)19-2)17-14(18)12-7-10(15)8-16-12/h3-9,16H,15H2,1-2H3,(H,17,18). The Morgan fingerprint density at radius 2 is 2.16 bits per heavy atom. The monoisotopic (exact) mass is 259 g/mol. The van der Waals surface area contributed by atoms with E-state index in [1.807, 2.05) is 31.2 Å². The van der Waals surface area contributed by atoms with Gasteiger partial charge < -0.3 is 20.8 Å². The number of methoxy groups -OCH3 is 1. The number of anilines is 1. The second kappa shape index (κ2) is 5.48. The largest absolute Gasteiger partial charge is 0.496 e. The van der Waals surface area contributed by atoms with Crippen molar-refractivity contribution < 1.29 is 9.53 Å². The molecule has 1 heterocycles. The summed E-state index contributed by atoms with van der Waals surface area (Å²) in [7, 11) is 1.61. The maximum atomic E-state index is 12.0. The normalized spacial score (nSPS) is 11.9. The molecule has 19 heavy (non-hydrogen) atoms. The molecule has 2 rings (SSSR count). The molecule has 1 aromatic heterocycles. The molecule has 0 bridgehead atoms. The fourth-order valence-corrected chi connectivity index (χ4v) is 1.92. The zero-order valence-electron chi connectivity index (χ0n) is 10.9. The van der Waals surface area contributed by atoms with Crippen LogP contribution in [0.5, 0.6) is 5.75 Å². The van der Waals surface area contributed by atoms with E-state index in [0.717, 1.165) is 11.3 Å². The lowest BCUT2D eigenvalue weighted by Gasteiger charge is -2.16. The fraction of sp³-hybridized carbons (Fsp3) is 0.214. The third-order valence-corrected chi connectivity index (χ3v) is 2.90. The molecule has 2 aromatic rings. The number of carbonyl (C=O) groups is 1. The van der Waals surface area contributed by atoms with Crippen LogP contribution in [0.25, 0.3) is 0 Å². The molecule has 0 fully saturated rings. The van der Waals surface area contributed by atoms with Crippen molar-refractivity contribution in [3.63, 3.8) is 0 Å². The number of amides is 1. The number of rotatable bonds is 4. The molecule has 0 aliphatic rings. The number of hydrogen-bond donors (Lipinski definition) is 3. The average molecular weight is 259 g/mol. The summed E-state index contributed by atoms with van der Waals surface area (Å²) in [4.78, 5) is 14.8. The van der Waals surface area contributed by atoms with E-state index in [4.69, 9.17) is 10.5 Å². The summed E-state index contributed by atoms with van der Waals surface area (Å²) in [5, 5.41) is 2.89. The first-order chi connectivity index (χ1) is 9.11. The number of nitrogens with one attached hydrogen (secondary N) is 2. The Hall–Kier alpha value is -2.43. The number of para-hydroxylation sites is 1. The van der Waals surface area contributed by atoms with Gasteiger partial charge in [-0.15, -0.1) is 0 Å². The van der Waals surface area contributed by atoms with E-state index in [9.17, 15) is 4.79 Å². The Balaban J connectivity index is 2.12. The Bertz CT molecular complexity index is 578. The quantitative estimate of drug-likeness (QED) is 0.786. The molecule has 1 amide bonds. The van der Waals surface area contributed by atoms with E-state index in [0.29, 0.717) is 11.4 Å². The third-order valence-electron chi connectivity index (χ3n) is 2.90. The van der Waals surface area contributed by atoms with Crippen LogP contribution in [0.2, 0.25) is 0 Å². The Morgan fingerprint density at radius 3 is 2.79 bits per heavy atom. The van der Waals surface area contributed by atoms with Crippen molar-refractivity contribution >= 4 is 11.6 Å². The lowest BCUT2D eigenvalue weighted by atomic mass is 10.1. The molecule has 1 atom stereocenters. The lowest BCUT2D eigenvalue weighted by Crippen LogP contribution is -2.27. The van der Waals surface area contributed by atoms with Gasteiger partial charge in [-0.3, -0.25) is 4.79 Å². The molecule has 0 aliphatic heterocycles. The van der Waals surface area contributed by atoms with Gasteiger partial charge in [0.1, 0.15) is 11.4 Å². The van der Waals surface area contributed by atoms with Crippen LogP contribution in [0.15, 0.2) is 36.5 Å². The molecule has 1 aromatic carbocycles. The highest BCUT2D eigenvalue weighted by Gasteiger charge is 2.15. The molecule has 0 aliphatic carbocycles. The maximum Gasteiger partial charge on any atom is 0.268 e. The van der Waals surface area contributed by atoms with E-state index in [1.165, 1.54) is 0 Å². The van der Waals surface area contributed by atoms with Crippen molar-refractivity contribution in [3.05, 3.63) is 47.8 Å². The summed E-state index contributed by atoms with van der Waals surface area (Å²) in [6.07, 6.45) is 1.59. The number of carbonyl (C=O) groups excluding carboxylic acids is 1. The zero-order valence-corrected chi connectivity index (χ0v) is 10.9. The number of benzene rings is 1. The molecule has 0 saturated carbocycles. The molecule has 1 unspecified atom stereocenters. The first-order valence-corrected chi connectivity index (χ1v) is 5.99. The molecule has 0 spiro atoms. The smallest absolute Gasteiger partial charge is 0.268 e. The Kier molecular flexibility index (Phi) is 3.75. The summed E-state index contributed by atoms with van der Waals surface area (Å²) >= 11 is 0. The van der Waals surface area contributed by atoms with E-state index in [2.05, 4.69) is 10.3 Å². The molecule has 100 valence electrons. The molecule has 4 N–H and O–H groups in total. The molecule has 5 heteroatoms. The van der Waals surface area contributed by atoms with Gasteiger partial charge >= 0.3 is 0 Å². The maximum absolute atomic E-state index is 12.0. The van der Waals surface area contributed by atoms with Gasteiger partial charge in [0.15, 0.2) is 0 Å². The van der Waals surface area contributed by atoms with Crippen LogP contribution in [0.1, 0.15) is 29.0 Å². The zero-order chi connectivity index (χ0) is 13.8. The summed E-state index contributed by atoms with van der Waals surface area (Å²) < 4.78 is 5.28. The van der Waals surface area contributed by atoms with Gasteiger partial charge in [-0.25, -0.2) is 0 Å². The second-order valence-electron chi connectivity index (χ2n) is 4.28. The van der Waals surface area contributed by atoms with Crippen LogP contribution in [-0.2, 0) is 0 Å². The van der Waals surface area contributed by atoms with Gasteiger partial charge in [-0.1, -0.05) is 18.2 Å². The number of hydrogen-bond acceptors (Lipinski definition) is 3. The minimum absolute atomic E-state index is 0.159. The van der Waals surface area contributed by atoms with Crippen LogP contribution in [-0.4, -0.2) is 18.0 Å². The van der Waals surface area contributed by atoms with Gasteiger partial charge in [0.05, 0.1) is 13.2 Å². The highest BCUT2D eigenvalue weighted by atomic mass is 16.5. The van der Waals surface area contributed by atoms with Gasteiger partial charge in [0.2, 0.25) is 0 Å². The lowest BCUT2D eigenvalue weighted by molar-refractivity contribution is 0.0935. The number of aromatic amines is 1. The van der Waals surface area contributed by atoms with Crippen LogP contribution in [0.3, 0.4) is 0 Å². The van der Waals surface area contributed by atoms with Gasteiger partial charge in [-0.2, -0.15) is 0 Å². The van der Waals surface area contributed by atoms with Crippen molar-refractivity contribution in [1.29, 1.82) is 0 Å². The molecule has 0 radical (unpaired) electrons. The predicted molar refractivity (Wildman–Crippen MR) is 74.1 cm³/mol. The van der Waals surface area contributed by atoms with Crippen molar-refractivity contribution in [2.24, 2.45) is 0 Å². The predicted octanol–water partition coefficient (Wildman–Crippen LogP) is 2.10. The number of aromatic nitrogens is 1. The molecular weight excluding hydrogens is 242 g/mol. The Morgan fingerprint density at radius 1 is 1.42 bits per heavy atom. The summed E-state index contributed by atoms with van der Waals surface area (Å²) in [5.41, 5.74) is 7.48. The highest BCUT2D eigenvalue weighted by Crippen LogP contribution is 2.24. The second-order valence-corrected chi connectivity index (χ2v) is 4.28. The van der Waals surface area contributed by atoms with E-state index in [-0.39, 0.29) is 11.9 Å². The van der Waals surface area contributed by atoms with Crippen LogP contribution < -0.4 is 15.8 Å². The van der Waals surface area contributed by atoms with E-state index in [1.54, 1.807) is 19.4 Å². The SMILES string of the molecule is COc1ccccc1C(C)NC(=O)c1cc(N)c[nH]1. The average Bonchev–Trinajstić information content (AvgIpc) is 2.85. The molecule has 5 nitrogen and oxygen atoms in total. The van der Waals surface area contributed by atoms with Crippen LogP contribution in [0, 0.1) is 0 Å². The minimum Gasteiger partial charge on any atom is -0.496 e.